The highest BCUT2D eigenvalue weighted by molar-refractivity contribution is 7.15. The van der Waals surface area contributed by atoms with E-state index in [0.29, 0.717) is 17.4 Å². The monoisotopic (exact) mass is 418 g/mol. The molecule has 8 nitrogen and oxygen atoms in total. The highest BCUT2D eigenvalue weighted by atomic mass is 32.1. The molecule has 1 saturated heterocycles. The van der Waals surface area contributed by atoms with E-state index in [1.54, 1.807) is 4.90 Å². The molecular weight excluding hydrogens is 400 g/mol. The Hall–Kier alpha value is -3.59. The summed E-state index contributed by atoms with van der Waals surface area (Å²) in [6.07, 6.45) is 0.805. The van der Waals surface area contributed by atoms with Crippen LogP contribution >= 0.6 is 11.3 Å². The summed E-state index contributed by atoms with van der Waals surface area (Å²) in [6, 6.07) is 17.6. The quantitative estimate of drug-likeness (QED) is 0.519. The van der Waals surface area contributed by atoms with Gasteiger partial charge in [0.2, 0.25) is 16.9 Å². The number of rotatable bonds is 5. The molecule has 2 aromatic carbocycles. The van der Waals surface area contributed by atoms with Gasteiger partial charge in [-0.05, 0) is 17.7 Å². The summed E-state index contributed by atoms with van der Waals surface area (Å²) in [5.41, 5.74) is 1.99. The van der Waals surface area contributed by atoms with Crippen molar-refractivity contribution < 1.29 is 9.59 Å². The largest absolute Gasteiger partial charge is 0.300 e. The van der Waals surface area contributed by atoms with Crippen LogP contribution in [-0.2, 0) is 16.0 Å². The number of H-pyrrole nitrogens is 1. The number of fused-ring (bicyclic) bond motifs is 1. The number of aromatic amines is 1. The van der Waals surface area contributed by atoms with Gasteiger partial charge in [0.05, 0.1) is 11.4 Å². The third-order valence-electron chi connectivity index (χ3n) is 5.10. The first-order valence-electron chi connectivity index (χ1n) is 9.58. The van der Waals surface area contributed by atoms with Gasteiger partial charge in [-0.15, -0.1) is 10.2 Å². The maximum absolute atomic E-state index is 12.7. The van der Waals surface area contributed by atoms with Gasteiger partial charge >= 0.3 is 0 Å². The standard InChI is InChI=1S/C21H18N6O2S/c28-18-11-14(12-27(18)19-15-8-4-5-9-16(15)23-25-19)20(29)22-21-26-24-17(30-21)10-13-6-2-1-3-7-13/h1-9,14H,10-12H2,(H,23,25)(H,22,26,29)/t14-/m1/s1. The molecular formula is C21H18N6O2S. The minimum Gasteiger partial charge on any atom is -0.300 e. The molecule has 30 heavy (non-hydrogen) atoms. The Bertz CT molecular complexity index is 1220. The fourth-order valence-corrected chi connectivity index (χ4v) is 4.37. The molecule has 1 aliphatic heterocycles. The molecule has 4 aromatic rings. The van der Waals surface area contributed by atoms with Crippen LogP contribution in [0, 0.1) is 5.92 Å². The minimum atomic E-state index is -0.463. The molecule has 2 aromatic heterocycles. The smallest absolute Gasteiger partial charge is 0.231 e. The zero-order valence-corrected chi connectivity index (χ0v) is 16.7. The van der Waals surface area contributed by atoms with Gasteiger partial charge in [0.15, 0.2) is 5.82 Å². The van der Waals surface area contributed by atoms with Crippen LogP contribution in [0.25, 0.3) is 10.9 Å². The number of carbonyl (C=O) groups excluding carboxylic acids is 2. The van der Waals surface area contributed by atoms with Crippen LogP contribution in [-0.4, -0.2) is 38.8 Å². The number of hydrogen-bond donors (Lipinski definition) is 2. The number of benzene rings is 2. The molecule has 3 heterocycles. The summed E-state index contributed by atoms with van der Waals surface area (Å²) < 4.78 is 0. The molecule has 1 fully saturated rings. The molecule has 0 aliphatic carbocycles. The highest BCUT2D eigenvalue weighted by Gasteiger charge is 2.37. The molecule has 5 rings (SSSR count). The van der Waals surface area contributed by atoms with Crippen LogP contribution in [0.5, 0.6) is 0 Å². The van der Waals surface area contributed by atoms with Crippen molar-refractivity contribution in [3.63, 3.8) is 0 Å². The van der Waals surface area contributed by atoms with E-state index in [-0.39, 0.29) is 24.8 Å². The van der Waals surface area contributed by atoms with E-state index in [0.717, 1.165) is 21.5 Å². The van der Waals surface area contributed by atoms with E-state index in [1.807, 2.05) is 54.6 Å². The lowest BCUT2D eigenvalue weighted by Gasteiger charge is -2.13. The van der Waals surface area contributed by atoms with Crippen molar-refractivity contribution in [2.75, 3.05) is 16.8 Å². The first kappa shape index (κ1) is 18.4. The van der Waals surface area contributed by atoms with E-state index < -0.39 is 5.92 Å². The summed E-state index contributed by atoms with van der Waals surface area (Å²) in [5.74, 6) is -0.246. The molecule has 1 atom stereocenters. The van der Waals surface area contributed by atoms with E-state index in [2.05, 4.69) is 25.7 Å². The summed E-state index contributed by atoms with van der Waals surface area (Å²) in [4.78, 5) is 26.9. The Balaban J connectivity index is 1.26. The van der Waals surface area contributed by atoms with Crippen molar-refractivity contribution in [3.8, 4) is 0 Å². The second-order valence-electron chi connectivity index (χ2n) is 7.15. The topological polar surface area (TPSA) is 104 Å². The Labute approximate surface area is 175 Å². The fraction of sp³-hybridized carbons (Fsp3) is 0.190. The van der Waals surface area contributed by atoms with Crippen LogP contribution in [0.1, 0.15) is 17.0 Å². The zero-order valence-electron chi connectivity index (χ0n) is 15.9. The Kier molecular flexibility index (Phi) is 4.72. The van der Waals surface area contributed by atoms with Crippen LogP contribution < -0.4 is 10.2 Å². The normalized spacial score (nSPS) is 16.3. The van der Waals surface area contributed by atoms with E-state index in [4.69, 9.17) is 0 Å². The van der Waals surface area contributed by atoms with Gasteiger partial charge in [-0.25, -0.2) is 0 Å². The van der Waals surface area contributed by atoms with Crippen molar-refractivity contribution >= 4 is 45.0 Å². The number of nitrogens with one attached hydrogen (secondary N) is 2. The molecule has 0 unspecified atom stereocenters. The summed E-state index contributed by atoms with van der Waals surface area (Å²) >= 11 is 1.35. The molecule has 0 saturated carbocycles. The third kappa shape index (κ3) is 3.55. The molecule has 2 N–H and O–H groups in total. The second kappa shape index (κ2) is 7.68. The maximum Gasteiger partial charge on any atom is 0.231 e. The van der Waals surface area contributed by atoms with Gasteiger partial charge in [0.1, 0.15) is 5.01 Å². The molecule has 2 amide bonds. The number of nitrogens with zero attached hydrogens (tertiary/aromatic N) is 4. The number of carbonyl (C=O) groups is 2. The highest BCUT2D eigenvalue weighted by Crippen LogP contribution is 2.30. The number of aromatic nitrogens is 4. The number of amides is 2. The van der Waals surface area contributed by atoms with Gasteiger partial charge < -0.3 is 5.32 Å². The zero-order chi connectivity index (χ0) is 20.5. The van der Waals surface area contributed by atoms with Crippen molar-refractivity contribution in [1.29, 1.82) is 0 Å². The predicted molar refractivity (Wildman–Crippen MR) is 114 cm³/mol. The fourth-order valence-electron chi connectivity index (χ4n) is 3.60. The average molecular weight is 418 g/mol. The van der Waals surface area contributed by atoms with Crippen molar-refractivity contribution in [3.05, 3.63) is 65.2 Å². The van der Waals surface area contributed by atoms with Crippen LogP contribution in [0.4, 0.5) is 10.9 Å². The first-order valence-corrected chi connectivity index (χ1v) is 10.4. The lowest BCUT2D eigenvalue weighted by atomic mass is 10.1. The van der Waals surface area contributed by atoms with Crippen molar-refractivity contribution in [1.82, 2.24) is 20.4 Å². The lowest BCUT2D eigenvalue weighted by molar-refractivity contribution is -0.122. The van der Waals surface area contributed by atoms with Crippen LogP contribution in [0.3, 0.4) is 0 Å². The van der Waals surface area contributed by atoms with Gasteiger partial charge in [0, 0.05) is 24.8 Å². The molecule has 150 valence electrons. The Morgan fingerprint density at radius 1 is 1.13 bits per heavy atom. The second-order valence-corrected chi connectivity index (χ2v) is 8.21. The predicted octanol–water partition coefficient (Wildman–Crippen LogP) is 3.00. The molecule has 1 aliphatic rings. The van der Waals surface area contributed by atoms with Gasteiger partial charge in [0.25, 0.3) is 0 Å². The van der Waals surface area contributed by atoms with Crippen LogP contribution in [0.15, 0.2) is 54.6 Å². The molecule has 0 radical (unpaired) electrons. The molecule has 9 heteroatoms. The van der Waals surface area contributed by atoms with E-state index >= 15 is 0 Å². The van der Waals surface area contributed by atoms with Crippen molar-refractivity contribution in [2.45, 2.75) is 12.8 Å². The SMILES string of the molecule is O=C(Nc1nnc(Cc2ccccc2)s1)[C@@H]1CC(=O)N(c2n[nH]c3ccccc23)C1. The van der Waals surface area contributed by atoms with Crippen LogP contribution in [0.2, 0.25) is 0 Å². The third-order valence-corrected chi connectivity index (χ3v) is 5.94. The van der Waals surface area contributed by atoms with Crippen molar-refractivity contribution in [2.24, 2.45) is 5.92 Å². The summed E-state index contributed by atoms with van der Waals surface area (Å²) in [5, 5.41) is 20.4. The number of hydrogen-bond acceptors (Lipinski definition) is 6. The van der Waals surface area contributed by atoms with Gasteiger partial charge in [-0.3, -0.25) is 19.6 Å². The molecule has 0 bridgehead atoms. The minimum absolute atomic E-state index is 0.116. The average Bonchev–Trinajstić information content (AvgIpc) is 3.47. The lowest BCUT2D eigenvalue weighted by Crippen LogP contribution is -2.28. The Morgan fingerprint density at radius 2 is 1.93 bits per heavy atom. The number of para-hydroxylation sites is 1. The van der Waals surface area contributed by atoms with Gasteiger partial charge in [-0.2, -0.15) is 5.10 Å². The Morgan fingerprint density at radius 3 is 2.80 bits per heavy atom. The molecule has 0 spiro atoms. The van der Waals surface area contributed by atoms with E-state index in [1.165, 1.54) is 11.3 Å². The van der Waals surface area contributed by atoms with Gasteiger partial charge in [-0.1, -0.05) is 53.8 Å². The summed E-state index contributed by atoms with van der Waals surface area (Å²) in [6.45, 7) is 0.287. The maximum atomic E-state index is 12.7. The first-order chi connectivity index (χ1) is 14.7. The van der Waals surface area contributed by atoms with E-state index in [9.17, 15) is 9.59 Å². The number of anilines is 2. The summed E-state index contributed by atoms with van der Waals surface area (Å²) in [7, 11) is 0.